The molecular weight excluding hydrogens is 312 g/mol. The topological polar surface area (TPSA) is 44.5 Å². The minimum absolute atomic E-state index is 0.297. The van der Waals surface area contributed by atoms with Crippen molar-refractivity contribution in [2.24, 2.45) is 5.92 Å². The van der Waals surface area contributed by atoms with E-state index < -0.39 is 0 Å². The Hall–Kier alpha value is -0.910. The van der Waals surface area contributed by atoms with E-state index in [1.54, 1.807) is 0 Å². The lowest BCUT2D eigenvalue weighted by molar-refractivity contribution is 0.0400. The van der Waals surface area contributed by atoms with Crippen LogP contribution in [0.3, 0.4) is 0 Å². The summed E-state index contributed by atoms with van der Waals surface area (Å²) >= 11 is 0. The van der Waals surface area contributed by atoms with Gasteiger partial charge in [0.05, 0.1) is 6.20 Å². The Morgan fingerprint density at radius 1 is 1.20 bits per heavy atom. The molecule has 3 rings (SSSR count). The van der Waals surface area contributed by atoms with Crippen molar-refractivity contribution < 1.29 is 5.11 Å². The second-order valence-corrected chi connectivity index (χ2v) is 8.32. The molecule has 1 aromatic heterocycles. The second-order valence-electron chi connectivity index (χ2n) is 8.32. The first-order chi connectivity index (χ1) is 12.2. The average Bonchev–Trinajstić information content (AvgIpc) is 3.07. The van der Waals surface area contributed by atoms with Gasteiger partial charge in [-0.25, -0.2) is 0 Å². The molecule has 2 heterocycles. The predicted molar refractivity (Wildman–Crippen MR) is 102 cm³/mol. The van der Waals surface area contributed by atoms with Crippen LogP contribution in [-0.4, -0.2) is 63.5 Å². The average molecular weight is 349 g/mol. The number of hydrogen-bond acceptors (Lipinski definition) is 4. The fourth-order valence-electron chi connectivity index (χ4n) is 4.47. The van der Waals surface area contributed by atoms with E-state index >= 15 is 0 Å². The van der Waals surface area contributed by atoms with Crippen molar-refractivity contribution in [2.75, 3.05) is 32.8 Å². The summed E-state index contributed by atoms with van der Waals surface area (Å²) in [7, 11) is 0. The van der Waals surface area contributed by atoms with Crippen molar-refractivity contribution in [1.29, 1.82) is 0 Å². The molecule has 1 aliphatic carbocycles. The highest BCUT2D eigenvalue weighted by molar-refractivity contribution is 5.05. The first kappa shape index (κ1) is 18.9. The zero-order valence-corrected chi connectivity index (χ0v) is 16.1. The lowest BCUT2D eigenvalue weighted by atomic mass is 9.88. The summed E-state index contributed by atoms with van der Waals surface area (Å²) in [6.07, 6.45) is 12.1. The minimum Gasteiger partial charge on any atom is -0.396 e. The van der Waals surface area contributed by atoms with Crippen LogP contribution in [0.1, 0.15) is 64.0 Å². The lowest BCUT2D eigenvalue weighted by Gasteiger charge is -2.43. The summed E-state index contributed by atoms with van der Waals surface area (Å²) < 4.78 is 2.04. The van der Waals surface area contributed by atoms with E-state index in [0.717, 1.165) is 38.5 Å². The molecular formula is C20H36N4O. The molecule has 0 amide bonds. The van der Waals surface area contributed by atoms with Crippen molar-refractivity contribution in [1.82, 2.24) is 19.6 Å². The van der Waals surface area contributed by atoms with Gasteiger partial charge in [0.15, 0.2) is 0 Å². The van der Waals surface area contributed by atoms with Crippen LogP contribution in [0.5, 0.6) is 0 Å². The van der Waals surface area contributed by atoms with Gasteiger partial charge in [0, 0.05) is 63.2 Å². The number of piperazine rings is 1. The highest BCUT2D eigenvalue weighted by Gasteiger charge is 2.29. The van der Waals surface area contributed by atoms with Gasteiger partial charge in [-0.1, -0.05) is 19.3 Å². The molecule has 1 saturated carbocycles. The van der Waals surface area contributed by atoms with Crippen molar-refractivity contribution >= 4 is 0 Å². The maximum atomic E-state index is 9.52. The van der Waals surface area contributed by atoms with Gasteiger partial charge in [-0.05, 0) is 39.0 Å². The van der Waals surface area contributed by atoms with Gasteiger partial charge >= 0.3 is 0 Å². The fraction of sp³-hybridized carbons (Fsp3) is 0.850. The van der Waals surface area contributed by atoms with Gasteiger partial charge in [-0.15, -0.1) is 0 Å². The summed E-state index contributed by atoms with van der Waals surface area (Å²) in [6.45, 7) is 10.2. The Balaban J connectivity index is 1.54. The van der Waals surface area contributed by atoms with Crippen molar-refractivity contribution in [2.45, 2.75) is 71.0 Å². The highest BCUT2D eigenvalue weighted by Crippen LogP contribution is 2.26. The molecule has 1 unspecified atom stereocenters. The van der Waals surface area contributed by atoms with Crippen molar-refractivity contribution in [3.63, 3.8) is 0 Å². The summed E-state index contributed by atoms with van der Waals surface area (Å²) in [4.78, 5) is 5.21. The molecule has 25 heavy (non-hydrogen) atoms. The maximum absolute atomic E-state index is 9.52. The minimum atomic E-state index is 0.297. The normalized spacial score (nSPS) is 24.2. The lowest BCUT2D eigenvalue weighted by Crippen LogP contribution is -2.54. The molecule has 5 nitrogen and oxygen atoms in total. The highest BCUT2D eigenvalue weighted by atomic mass is 16.3. The standard InChI is InChI=1S/C20H36N4O/c1-17(2)24-15-19(12-21-24)13-22-9-10-23(20(16-22)8-11-25)14-18-6-4-3-5-7-18/h12,15,17-18,20,25H,3-11,13-14,16H2,1-2H3. The van der Waals surface area contributed by atoms with E-state index in [2.05, 4.69) is 34.9 Å². The third-order valence-corrected chi connectivity index (χ3v) is 5.96. The van der Waals surface area contributed by atoms with Gasteiger partial charge in [0.2, 0.25) is 0 Å². The molecule has 1 saturated heterocycles. The van der Waals surface area contributed by atoms with Crippen LogP contribution in [0.2, 0.25) is 0 Å². The number of aliphatic hydroxyl groups excluding tert-OH is 1. The molecule has 0 radical (unpaired) electrons. The molecule has 1 atom stereocenters. The Kier molecular flexibility index (Phi) is 6.91. The Morgan fingerprint density at radius 2 is 2.00 bits per heavy atom. The van der Waals surface area contributed by atoms with Crippen LogP contribution in [0.25, 0.3) is 0 Å². The SMILES string of the molecule is CC(C)n1cc(CN2CCN(CC3CCCCC3)C(CCO)C2)cn1. The molecule has 2 fully saturated rings. The smallest absolute Gasteiger partial charge is 0.0534 e. The third kappa shape index (κ3) is 5.28. The van der Waals surface area contributed by atoms with E-state index in [1.165, 1.54) is 44.2 Å². The number of rotatable bonds is 7. The predicted octanol–water partition coefficient (Wildman–Crippen LogP) is 2.91. The summed E-state index contributed by atoms with van der Waals surface area (Å²) in [6, 6.07) is 0.920. The van der Waals surface area contributed by atoms with E-state index in [4.69, 9.17) is 0 Å². The molecule has 5 heteroatoms. The molecule has 1 aliphatic heterocycles. The van der Waals surface area contributed by atoms with Crippen LogP contribution in [0, 0.1) is 5.92 Å². The molecule has 1 N–H and O–H groups in total. The van der Waals surface area contributed by atoms with E-state index in [9.17, 15) is 5.11 Å². The quantitative estimate of drug-likeness (QED) is 0.823. The van der Waals surface area contributed by atoms with E-state index in [1.807, 2.05) is 10.9 Å². The molecule has 0 bridgehead atoms. The van der Waals surface area contributed by atoms with Crippen LogP contribution < -0.4 is 0 Å². The van der Waals surface area contributed by atoms with Gasteiger partial charge < -0.3 is 5.11 Å². The molecule has 2 aliphatic rings. The first-order valence-corrected chi connectivity index (χ1v) is 10.3. The second kappa shape index (κ2) is 9.15. The largest absolute Gasteiger partial charge is 0.396 e. The van der Waals surface area contributed by atoms with Crippen molar-refractivity contribution in [3.8, 4) is 0 Å². The van der Waals surface area contributed by atoms with Crippen molar-refractivity contribution in [3.05, 3.63) is 18.0 Å². The number of hydrogen-bond donors (Lipinski definition) is 1. The van der Waals surface area contributed by atoms with Gasteiger partial charge in [-0.2, -0.15) is 5.10 Å². The van der Waals surface area contributed by atoms with E-state index in [-0.39, 0.29) is 0 Å². The Labute approximate surface area is 153 Å². The molecule has 142 valence electrons. The van der Waals surface area contributed by atoms with Crippen LogP contribution in [0.15, 0.2) is 12.4 Å². The van der Waals surface area contributed by atoms with Gasteiger partial charge in [0.25, 0.3) is 0 Å². The van der Waals surface area contributed by atoms with E-state index in [0.29, 0.717) is 18.7 Å². The zero-order valence-electron chi connectivity index (χ0n) is 16.1. The van der Waals surface area contributed by atoms with Crippen LogP contribution >= 0.6 is 0 Å². The summed E-state index contributed by atoms with van der Waals surface area (Å²) in [5, 5.41) is 14.0. The molecule has 1 aromatic rings. The summed E-state index contributed by atoms with van der Waals surface area (Å²) in [5.74, 6) is 0.880. The Bertz CT molecular complexity index is 510. The third-order valence-electron chi connectivity index (χ3n) is 5.96. The number of nitrogens with zero attached hydrogens (tertiary/aromatic N) is 4. The van der Waals surface area contributed by atoms with Crippen LogP contribution in [-0.2, 0) is 6.54 Å². The van der Waals surface area contributed by atoms with Crippen LogP contribution in [0.4, 0.5) is 0 Å². The molecule has 0 spiro atoms. The fourth-order valence-corrected chi connectivity index (χ4v) is 4.47. The maximum Gasteiger partial charge on any atom is 0.0534 e. The first-order valence-electron chi connectivity index (χ1n) is 10.3. The zero-order chi connectivity index (χ0) is 17.6. The monoisotopic (exact) mass is 348 g/mol. The molecule has 0 aromatic carbocycles. The number of aliphatic hydroxyl groups is 1. The summed E-state index contributed by atoms with van der Waals surface area (Å²) in [5.41, 5.74) is 1.30. The van der Waals surface area contributed by atoms with Gasteiger partial charge in [-0.3, -0.25) is 14.5 Å². The van der Waals surface area contributed by atoms with Gasteiger partial charge in [0.1, 0.15) is 0 Å². The number of aromatic nitrogens is 2. The Morgan fingerprint density at radius 3 is 2.68 bits per heavy atom.